The van der Waals surface area contributed by atoms with E-state index in [1.165, 1.54) is 19.3 Å². The molecule has 0 heterocycles. The standard InChI is InChI=1S/C13H26N2OS/c1-3-4-7-10(14)13(16)15-11-8-5-6-9-12(11)17-2/h10-12H,3-9,14H2,1-2H3,(H,15,16). The van der Waals surface area contributed by atoms with Gasteiger partial charge in [-0.2, -0.15) is 11.8 Å². The number of carbonyl (C=O) groups excluding carboxylic acids is 1. The van der Waals surface area contributed by atoms with Gasteiger partial charge in [0.15, 0.2) is 0 Å². The Kier molecular flexibility index (Phi) is 6.97. The fourth-order valence-corrected chi connectivity index (χ4v) is 3.32. The van der Waals surface area contributed by atoms with E-state index < -0.39 is 0 Å². The number of hydrogen-bond acceptors (Lipinski definition) is 3. The molecule has 1 rings (SSSR count). The summed E-state index contributed by atoms with van der Waals surface area (Å²) in [6.07, 6.45) is 9.91. The highest BCUT2D eigenvalue weighted by atomic mass is 32.2. The molecule has 0 aromatic carbocycles. The van der Waals surface area contributed by atoms with Crippen molar-refractivity contribution >= 4 is 17.7 Å². The highest BCUT2D eigenvalue weighted by molar-refractivity contribution is 7.99. The normalized spacial score (nSPS) is 26.5. The van der Waals surface area contributed by atoms with Gasteiger partial charge in [-0.05, 0) is 25.5 Å². The van der Waals surface area contributed by atoms with Gasteiger partial charge in [0.25, 0.3) is 0 Å². The predicted octanol–water partition coefficient (Wildman–Crippen LogP) is 2.29. The third-order valence-electron chi connectivity index (χ3n) is 3.54. The van der Waals surface area contributed by atoms with E-state index in [4.69, 9.17) is 5.73 Å². The van der Waals surface area contributed by atoms with E-state index in [9.17, 15) is 4.79 Å². The lowest BCUT2D eigenvalue weighted by molar-refractivity contribution is -0.123. The molecule has 0 bridgehead atoms. The summed E-state index contributed by atoms with van der Waals surface area (Å²) in [5.74, 6) is 0.0457. The maximum absolute atomic E-state index is 11.9. The zero-order valence-corrected chi connectivity index (χ0v) is 11.9. The Hall–Kier alpha value is -0.220. The quantitative estimate of drug-likeness (QED) is 0.768. The van der Waals surface area contributed by atoms with Gasteiger partial charge in [0.1, 0.15) is 0 Å². The molecule has 1 amide bonds. The van der Waals surface area contributed by atoms with Crippen LogP contribution in [-0.2, 0) is 4.79 Å². The number of hydrogen-bond donors (Lipinski definition) is 2. The van der Waals surface area contributed by atoms with Crippen molar-refractivity contribution in [3.63, 3.8) is 0 Å². The molecule has 100 valence electrons. The van der Waals surface area contributed by atoms with E-state index in [1.807, 2.05) is 11.8 Å². The molecule has 3 atom stereocenters. The van der Waals surface area contributed by atoms with Gasteiger partial charge in [0, 0.05) is 11.3 Å². The number of carbonyl (C=O) groups is 1. The maximum atomic E-state index is 11.9. The van der Waals surface area contributed by atoms with Crippen LogP contribution in [0, 0.1) is 0 Å². The molecular formula is C13H26N2OS. The highest BCUT2D eigenvalue weighted by Gasteiger charge is 2.27. The molecule has 3 N–H and O–H groups in total. The van der Waals surface area contributed by atoms with Gasteiger partial charge in [-0.15, -0.1) is 0 Å². The van der Waals surface area contributed by atoms with Crippen LogP contribution >= 0.6 is 11.8 Å². The fourth-order valence-electron chi connectivity index (χ4n) is 2.39. The van der Waals surface area contributed by atoms with Gasteiger partial charge in [-0.3, -0.25) is 4.79 Å². The largest absolute Gasteiger partial charge is 0.351 e. The first-order valence-electron chi connectivity index (χ1n) is 6.77. The molecule has 0 radical (unpaired) electrons. The zero-order valence-electron chi connectivity index (χ0n) is 11.1. The molecule has 1 aliphatic carbocycles. The molecule has 3 unspecified atom stereocenters. The van der Waals surface area contributed by atoms with E-state index in [0.717, 1.165) is 25.7 Å². The Morgan fingerprint density at radius 1 is 1.47 bits per heavy atom. The predicted molar refractivity (Wildman–Crippen MR) is 75.2 cm³/mol. The van der Waals surface area contributed by atoms with E-state index >= 15 is 0 Å². The second kappa shape index (κ2) is 7.98. The minimum Gasteiger partial charge on any atom is -0.351 e. The van der Waals surface area contributed by atoms with E-state index in [-0.39, 0.29) is 11.9 Å². The Balaban J connectivity index is 2.37. The molecule has 1 aliphatic rings. The molecule has 3 nitrogen and oxygen atoms in total. The Labute approximate surface area is 109 Å². The molecule has 1 saturated carbocycles. The van der Waals surface area contributed by atoms with Crippen molar-refractivity contribution in [2.75, 3.05) is 6.26 Å². The summed E-state index contributed by atoms with van der Waals surface area (Å²) in [6.45, 7) is 2.12. The monoisotopic (exact) mass is 258 g/mol. The topological polar surface area (TPSA) is 55.1 Å². The van der Waals surface area contributed by atoms with Crippen LogP contribution in [-0.4, -0.2) is 29.5 Å². The summed E-state index contributed by atoms with van der Waals surface area (Å²) in [4.78, 5) is 11.9. The van der Waals surface area contributed by atoms with Crippen LogP contribution in [0.25, 0.3) is 0 Å². The molecule has 17 heavy (non-hydrogen) atoms. The summed E-state index contributed by atoms with van der Waals surface area (Å²) in [6, 6.07) is 0.0123. The number of nitrogens with one attached hydrogen (secondary N) is 1. The Bertz CT molecular complexity index is 235. The molecule has 4 heteroatoms. The second-order valence-electron chi connectivity index (χ2n) is 4.92. The van der Waals surface area contributed by atoms with E-state index in [2.05, 4.69) is 18.5 Å². The molecule has 0 spiro atoms. The molecule has 0 aromatic heterocycles. The van der Waals surface area contributed by atoms with Crippen molar-refractivity contribution in [2.45, 2.75) is 69.2 Å². The van der Waals surface area contributed by atoms with Crippen molar-refractivity contribution in [1.82, 2.24) is 5.32 Å². The third-order valence-corrected chi connectivity index (χ3v) is 4.71. The van der Waals surface area contributed by atoms with Crippen LogP contribution in [0.4, 0.5) is 0 Å². The molecule has 0 saturated heterocycles. The zero-order chi connectivity index (χ0) is 12.7. The van der Waals surface area contributed by atoms with Gasteiger partial charge in [-0.25, -0.2) is 0 Å². The minimum atomic E-state index is -0.320. The van der Waals surface area contributed by atoms with Crippen LogP contribution in [0.5, 0.6) is 0 Å². The molecule has 1 fully saturated rings. The summed E-state index contributed by atoms with van der Waals surface area (Å²) in [5, 5.41) is 3.72. The molecule has 0 aliphatic heterocycles. The Morgan fingerprint density at radius 2 is 2.18 bits per heavy atom. The lowest BCUT2D eigenvalue weighted by Gasteiger charge is -2.31. The van der Waals surface area contributed by atoms with E-state index in [1.54, 1.807) is 0 Å². The summed E-state index contributed by atoms with van der Waals surface area (Å²) in [5.41, 5.74) is 5.89. The number of unbranched alkanes of at least 4 members (excludes halogenated alkanes) is 1. The van der Waals surface area contributed by atoms with Gasteiger partial charge in [0.2, 0.25) is 5.91 Å². The van der Waals surface area contributed by atoms with Crippen LogP contribution < -0.4 is 11.1 Å². The van der Waals surface area contributed by atoms with Crippen molar-refractivity contribution in [3.8, 4) is 0 Å². The van der Waals surface area contributed by atoms with Crippen molar-refractivity contribution in [3.05, 3.63) is 0 Å². The second-order valence-corrected chi connectivity index (χ2v) is 6.00. The van der Waals surface area contributed by atoms with Gasteiger partial charge in [0.05, 0.1) is 6.04 Å². The summed E-state index contributed by atoms with van der Waals surface area (Å²) < 4.78 is 0. The third kappa shape index (κ3) is 4.88. The number of rotatable bonds is 6. The maximum Gasteiger partial charge on any atom is 0.237 e. The number of thioether (sulfide) groups is 1. The smallest absolute Gasteiger partial charge is 0.237 e. The number of nitrogens with two attached hydrogens (primary N) is 1. The summed E-state index contributed by atoms with van der Waals surface area (Å²) >= 11 is 1.87. The van der Waals surface area contributed by atoms with Crippen LogP contribution in [0.1, 0.15) is 51.9 Å². The minimum absolute atomic E-state index is 0.0457. The van der Waals surface area contributed by atoms with Gasteiger partial charge >= 0.3 is 0 Å². The first-order chi connectivity index (χ1) is 8.19. The van der Waals surface area contributed by atoms with Crippen molar-refractivity contribution < 1.29 is 4.79 Å². The first kappa shape index (κ1) is 14.8. The number of amides is 1. The highest BCUT2D eigenvalue weighted by Crippen LogP contribution is 2.27. The lowest BCUT2D eigenvalue weighted by atomic mass is 9.94. The Morgan fingerprint density at radius 3 is 2.82 bits per heavy atom. The average Bonchev–Trinajstić information content (AvgIpc) is 2.36. The van der Waals surface area contributed by atoms with Crippen molar-refractivity contribution in [1.29, 1.82) is 0 Å². The lowest BCUT2D eigenvalue weighted by Crippen LogP contribution is -2.49. The van der Waals surface area contributed by atoms with Crippen LogP contribution in [0.15, 0.2) is 0 Å². The molecular weight excluding hydrogens is 232 g/mol. The van der Waals surface area contributed by atoms with Crippen molar-refractivity contribution in [2.24, 2.45) is 5.73 Å². The van der Waals surface area contributed by atoms with Gasteiger partial charge < -0.3 is 11.1 Å². The van der Waals surface area contributed by atoms with Gasteiger partial charge in [-0.1, -0.05) is 32.6 Å². The summed E-state index contributed by atoms with van der Waals surface area (Å²) in [7, 11) is 0. The van der Waals surface area contributed by atoms with Crippen LogP contribution in [0.2, 0.25) is 0 Å². The van der Waals surface area contributed by atoms with Crippen LogP contribution in [0.3, 0.4) is 0 Å². The van der Waals surface area contributed by atoms with E-state index in [0.29, 0.717) is 11.3 Å². The first-order valence-corrected chi connectivity index (χ1v) is 8.06. The average molecular weight is 258 g/mol. The fraction of sp³-hybridized carbons (Fsp3) is 0.923. The SMILES string of the molecule is CCCCC(N)C(=O)NC1CCCCC1SC. The molecule has 0 aromatic rings.